The van der Waals surface area contributed by atoms with E-state index in [1.165, 1.54) is 30.3 Å². The summed E-state index contributed by atoms with van der Waals surface area (Å²) in [6.07, 6.45) is 0.722. The van der Waals surface area contributed by atoms with Crippen LogP contribution in [0.4, 0.5) is 13.2 Å². The number of rotatable bonds is 5. The molecular formula is C26H19F3N4O2. The van der Waals surface area contributed by atoms with Gasteiger partial charge in [-0.3, -0.25) is 9.36 Å². The zero-order valence-corrected chi connectivity index (χ0v) is 18.8. The standard InChI is InChI=1S/C26H19F3N4O2/c1-14-12-16(27)6-8-18(14)24-19-9-11-23(34)33(25-20(28)4-3-5-21(25)29)26(19)31-22(30-24)10-7-17-13-15(2)32-35-17/h3-6,8-9,11-13H,7,10H2,1-2H3. The molecule has 6 nitrogen and oxygen atoms in total. The third kappa shape index (κ3) is 4.21. The van der Waals surface area contributed by atoms with Gasteiger partial charge < -0.3 is 4.52 Å². The van der Waals surface area contributed by atoms with Crippen LogP contribution in [0.5, 0.6) is 0 Å². The van der Waals surface area contributed by atoms with Crippen molar-refractivity contribution in [3.05, 3.63) is 105 Å². The lowest BCUT2D eigenvalue weighted by Gasteiger charge is -2.15. The largest absolute Gasteiger partial charge is 0.361 e. The van der Waals surface area contributed by atoms with E-state index in [2.05, 4.69) is 10.1 Å². The monoisotopic (exact) mass is 476 g/mol. The van der Waals surface area contributed by atoms with E-state index in [1.54, 1.807) is 26.0 Å². The Kier molecular flexibility index (Phi) is 5.68. The number of pyridine rings is 1. The molecule has 3 aromatic heterocycles. The highest BCUT2D eigenvalue weighted by Gasteiger charge is 2.20. The zero-order valence-electron chi connectivity index (χ0n) is 18.8. The molecule has 0 aliphatic carbocycles. The van der Waals surface area contributed by atoms with Gasteiger partial charge >= 0.3 is 0 Å². The summed E-state index contributed by atoms with van der Waals surface area (Å²) in [7, 11) is 0. The fourth-order valence-electron chi connectivity index (χ4n) is 4.06. The summed E-state index contributed by atoms with van der Waals surface area (Å²) in [5, 5.41) is 4.26. The Labute approximate surface area is 197 Å². The molecule has 3 heterocycles. The molecule has 35 heavy (non-hydrogen) atoms. The van der Waals surface area contributed by atoms with Crippen LogP contribution in [0.3, 0.4) is 0 Å². The van der Waals surface area contributed by atoms with Crippen molar-refractivity contribution in [2.75, 3.05) is 0 Å². The van der Waals surface area contributed by atoms with Gasteiger partial charge in [-0.15, -0.1) is 0 Å². The summed E-state index contributed by atoms with van der Waals surface area (Å²) in [5.41, 5.74) is 1.22. The Morgan fingerprint density at radius 1 is 0.914 bits per heavy atom. The highest BCUT2D eigenvalue weighted by Crippen LogP contribution is 2.30. The SMILES string of the molecule is Cc1cc(CCc2nc(-c3ccc(F)cc3C)c3ccc(=O)n(-c4c(F)cccc4F)c3n2)on1. The van der Waals surface area contributed by atoms with Gasteiger partial charge in [-0.2, -0.15) is 0 Å². The van der Waals surface area contributed by atoms with Crippen molar-refractivity contribution in [3.8, 4) is 16.9 Å². The molecule has 0 fully saturated rings. The van der Waals surface area contributed by atoms with E-state index in [-0.39, 0.29) is 5.65 Å². The number of hydrogen-bond acceptors (Lipinski definition) is 5. The topological polar surface area (TPSA) is 73.8 Å². The van der Waals surface area contributed by atoms with Crippen LogP contribution in [-0.2, 0) is 12.8 Å². The smallest absolute Gasteiger partial charge is 0.256 e. The van der Waals surface area contributed by atoms with E-state index < -0.39 is 28.7 Å². The summed E-state index contributed by atoms with van der Waals surface area (Å²) in [4.78, 5) is 22.1. The van der Waals surface area contributed by atoms with Gasteiger partial charge in [-0.1, -0.05) is 11.2 Å². The van der Waals surface area contributed by atoms with Gasteiger partial charge in [0.25, 0.3) is 5.56 Å². The minimum Gasteiger partial charge on any atom is -0.361 e. The fraction of sp³-hybridized carbons (Fsp3) is 0.154. The summed E-state index contributed by atoms with van der Waals surface area (Å²) < 4.78 is 49.5. The molecule has 0 aliphatic heterocycles. The average Bonchev–Trinajstić information content (AvgIpc) is 3.23. The van der Waals surface area contributed by atoms with E-state index in [9.17, 15) is 18.0 Å². The molecule has 0 saturated carbocycles. The van der Waals surface area contributed by atoms with Crippen LogP contribution in [0.15, 0.2) is 63.9 Å². The molecule has 9 heteroatoms. The molecule has 5 rings (SSSR count). The molecule has 0 radical (unpaired) electrons. The summed E-state index contributed by atoms with van der Waals surface area (Å²) in [5.74, 6) is -1.28. The molecule has 5 aromatic rings. The maximum Gasteiger partial charge on any atom is 0.256 e. The van der Waals surface area contributed by atoms with E-state index in [0.29, 0.717) is 46.6 Å². The number of para-hydroxylation sites is 1. The minimum absolute atomic E-state index is 0.0407. The molecule has 0 unspecified atom stereocenters. The Hall–Kier alpha value is -4.27. The van der Waals surface area contributed by atoms with Crippen LogP contribution in [-0.4, -0.2) is 19.7 Å². The number of nitrogens with zero attached hydrogens (tertiary/aromatic N) is 4. The second-order valence-electron chi connectivity index (χ2n) is 8.20. The maximum absolute atomic E-state index is 14.7. The quantitative estimate of drug-likeness (QED) is 0.346. The highest BCUT2D eigenvalue weighted by atomic mass is 19.1. The van der Waals surface area contributed by atoms with Crippen molar-refractivity contribution in [1.82, 2.24) is 19.7 Å². The van der Waals surface area contributed by atoms with Crippen LogP contribution in [0.1, 0.15) is 22.8 Å². The van der Waals surface area contributed by atoms with Crippen molar-refractivity contribution < 1.29 is 17.7 Å². The van der Waals surface area contributed by atoms with E-state index in [4.69, 9.17) is 9.51 Å². The first kappa shape index (κ1) is 22.5. The molecule has 0 amide bonds. The molecular weight excluding hydrogens is 457 g/mol. The third-order valence-corrected chi connectivity index (χ3v) is 5.67. The third-order valence-electron chi connectivity index (χ3n) is 5.67. The second kappa shape index (κ2) is 8.83. The number of fused-ring (bicyclic) bond motifs is 1. The second-order valence-corrected chi connectivity index (χ2v) is 8.20. The lowest BCUT2D eigenvalue weighted by Crippen LogP contribution is -2.21. The molecule has 0 bridgehead atoms. The van der Waals surface area contributed by atoms with Crippen molar-refractivity contribution in [3.63, 3.8) is 0 Å². The Morgan fingerprint density at radius 2 is 1.69 bits per heavy atom. The van der Waals surface area contributed by atoms with Gasteiger partial charge in [0.05, 0.1) is 11.4 Å². The van der Waals surface area contributed by atoms with Crippen molar-refractivity contribution in [2.24, 2.45) is 0 Å². The lowest BCUT2D eigenvalue weighted by molar-refractivity contribution is 0.379. The first-order valence-electron chi connectivity index (χ1n) is 10.9. The number of benzene rings is 2. The minimum atomic E-state index is -0.906. The zero-order chi connectivity index (χ0) is 24.7. The molecule has 0 atom stereocenters. The lowest BCUT2D eigenvalue weighted by atomic mass is 10.0. The van der Waals surface area contributed by atoms with Crippen molar-refractivity contribution >= 4 is 11.0 Å². The van der Waals surface area contributed by atoms with E-state index in [1.807, 2.05) is 0 Å². The molecule has 176 valence electrons. The number of aryl methyl sites for hydroxylation is 4. The van der Waals surface area contributed by atoms with Gasteiger partial charge in [-0.25, -0.2) is 23.1 Å². The average molecular weight is 476 g/mol. The van der Waals surface area contributed by atoms with Crippen LogP contribution < -0.4 is 5.56 Å². The van der Waals surface area contributed by atoms with Crippen LogP contribution >= 0.6 is 0 Å². The summed E-state index contributed by atoms with van der Waals surface area (Å²) >= 11 is 0. The predicted octanol–water partition coefficient (Wildman–Crippen LogP) is 5.26. The van der Waals surface area contributed by atoms with Gasteiger partial charge in [0.2, 0.25) is 0 Å². The van der Waals surface area contributed by atoms with Gasteiger partial charge in [0.15, 0.2) is 5.65 Å². The number of aromatic nitrogens is 4. The maximum atomic E-state index is 14.7. The van der Waals surface area contributed by atoms with Gasteiger partial charge in [-0.05, 0) is 55.8 Å². The first-order valence-corrected chi connectivity index (χ1v) is 10.9. The van der Waals surface area contributed by atoms with Crippen LogP contribution in [0, 0.1) is 31.3 Å². The summed E-state index contributed by atoms with van der Waals surface area (Å²) in [6, 6.07) is 12.1. The molecule has 0 spiro atoms. The first-order chi connectivity index (χ1) is 16.8. The Morgan fingerprint density at radius 3 is 2.37 bits per heavy atom. The number of hydrogen-bond donors (Lipinski definition) is 0. The molecule has 2 aromatic carbocycles. The van der Waals surface area contributed by atoms with Crippen molar-refractivity contribution in [2.45, 2.75) is 26.7 Å². The van der Waals surface area contributed by atoms with Crippen LogP contribution in [0.2, 0.25) is 0 Å². The Balaban J connectivity index is 1.79. The summed E-state index contributed by atoms with van der Waals surface area (Å²) in [6.45, 7) is 3.53. The fourth-order valence-corrected chi connectivity index (χ4v) is 4.06. The van der Waals surface area contributed by atoms with Gasteiger partial charge in [0, 0.05) is 35.9 Å². The molecule has 0 saturated heterocycles. The van der Waals surface area contributed by atoms with Gasteiger partial charge in [0.1, 0.15) is 34.7 Å². The van der Waals surface area contributed by atoms with E-state index in [0.717, 1.165) is 22.4 Å². The normalized spacial score (nSPS) is 11.3. The van der Waals surface area contributed by atoms with E-state index >= 15 is 0 Å². The molecule has 0 aliphatic rings. The highest BCUT2D eigenvalue weighted by molar-refractivity contribution is 5.92. The van der Waals surface area contributed by atoms with Crippen molar-refractivity contribution in [1.29, 1.82) is 0 Å². The number of halogens is 3. The van der Waals surface area contributed by atoms with Crippen LogP contribution in [0.25, 0.3) is 28.0 Å². The molecule has 0 N–H and O–H groups in total. The predicted molar refractivity (Wildman–Crippen MR) is 124 cm³/mol. The Bertz CT molecular complexity index is 1620.